The number of carbonyl (C=O) groups excluding carboxylic acids is 2. The molecule has 3 aromatic heterocycles. The number of hydrogen-bond acceptors (Lipinski definition) is 7. The fourth-order valence-electron chi connectivity index (χ4n) is 4.00. The van der Waals surface area contributed by atoms with Gasteiger partial charge in [0.1, 0.15) is 11.6 Å². The molecular weight excluding hydrogens is 464 g/mol. The SMILES string of the molecule is CN(C)C(=O)c1ccc(-c2cc(-c3ccnc(CCC(=O)CCc4cccc(N)c4)c3)cnc2N)nc1. The fraction of sp³-hybridized carbons (Fsp3) is 0.207. The fourth-order valence-corrected chi connectivity index (χ4v) is 4.00. The van der Waals surface area contributed by atoms with E-state index in [2.05, 4.69) is 15.0 Å². The summed E-state index contributed by atoms with van der Waals surface area (Å²) in [5.74, 6) is 0.419. The van der Waals surface area contributed by atoms with Gasteiger partial charge in [0.15, 0.2) is 0 Å². The molecule has 4 aromatic rings. The van der Waals surface area contributed by atoms with Crippen LogP contribution in [0.4, 0.5) is 11.5 Å². The summed E-state index contributed by atoms with van der Waals surface area (Å²) in [6.45, 7) is 0. The smallest absolute Gasteiger partial charge is 0.254 e. The van der Waals surface area contributed by atoms with Crippen molar-refractivity contribution in [1.82, 2.24) is 19.9 Å². The molecule has 0 saturated heterocycles. The Kier molecular flexibility index (Phi) is 7.88. The lowest BCUT2D eigenvalue weighted by Gasteiger charge is -2.11. The first kappa shape index (κ1) is 25.5. The quantitative estimate of drug-likeness (QED) is 0.334. The molecule has 37 heavy (non-hydrogen) atoms. The van der Waals surface area contributed by atoms with Crippen LogP contribution in [0.2, 0.25) is 0 Å². The number of amides is 1. The number of pyridine rings is 3. The van der Waals surface area contributed by atoms with Gasteiger partial charge < -0.3 is 16.4 Å². The van der Waals surface area contributed by atoms with Gasteiger partial charge in [-0.3, -0.25) is 19.6 Å². The van der Waals surface area contributed by atoms with Crippen molar-refractivity contribution in [2.24, 2.45) is 0 Å². The van der Waals surface area contributed by atoms with Crippen molar-refractivity contribution in [2.75, 3.05) is 25.6 Å². The summed E-state index contributed by atoms with van der Waals surface area (Å²) in [6, 6.07) is 16.9. The zero-order chi connectivity index (χ0) is 26.4. The van der Waals surface area contributed by atoms with Crippen LogP contribution in [0.25, 0.3) is 22.4 Å². The molecule has 0 unspecified atom stereocenters. The first-order chi connectivity index (χ1) is 17.8. The molecule has 1 amide bonds. The summed E-state index contributed by atoms with van der Waals surface area (Å²) < 4.78 is 0. The van der Waals surface area contributed by atoms with Crippen LogP contribution >= 0.6 is 0 Å². The third kappa shape index (κ3) is 6.55. The number of nitrogens with zero attached hydrogens (tertiary/aromatic N) is 4. The van der Waals surface area contributed by atoms with Crippen molar-refractivity contribution < 1.29 is 9.59 Å². The van der Waals surface area contributed by atoms with Gasteiger partial charge in [0.05, 0.1) is 11.3 Å². The van der Waals surface area contributed by atoms with Crippen molar-refractivity contribution in [3.8, 4) is 22.4 Å². The molecule has 0 spiro atoms. The van der Waals surface area contributed by atoms with Crippen molar-refractivity contribution in [3.63, 3.8) is 0 Å². The molecule has 0 saturated carbocycles. The molecule has 8 nitrogen and oxygen atoms in total. The molecule has 0 fully saturated rings. The van der Waals surface area contributed by atoms with Gasteiger partial charge >= 0.3 is 0 Å². The number of aromatic nitrogens is 3. The predicted octanol–water partition coefficient (Wildman–Crippen LogP) is 4.21. The highest BCUT2D eigenvalue weighted by Gasteiger charge is 2.13. The minimum Gasteiger partial charge on any atom is -0.399 e. The van der Waals surface area contributed by atoms with Gasteiger partial charge in [-0.2, -0.15) is 0 Å². The van der Waals surface area contributed by atoms with Crippen LogP contribution in [-0.4, -0.2) is 45.6 Å². The average Bonchev–Trinajstić information content (AvgIpc) is 2.91. The summed E-state index contributed by atoms with van der Waals surface area (Å²) in [5, 5.41) is 0. The van der Waals surface area contributed by atoms with Gasteiger partial charge in [0.2, 0.25) is 0 Å². The Morgan fingerprint density at radius 1 is 0.838 bits per heavy atom. The van der Waals surface area contributed by atoms with Crippen LogP contribution in [0.5, 0.6) is 0 Å². The number of rotatable bonds is 9. The minimum absolute atomic E-state index is 0.119. The van der Waals surface area contributed by atoms with E-state index in [0.717, 1.165) is 22.4 Å². The Balaban J connectivity index is 1.44. The summed E-state index contributed by atoms with van der Waals surface area (Å²) in [4.78, 5) is 39.4. The largest absolute Gasteiger partial charge is 0.399 e. The molecule has 0 atom stereocenters. The molecule has 8 heteroatoms. The number of anilines is 2. The Labute approximate surface area is 216 Å². The molecule has 0 bridgehead atoms. The van der Waals surface area contributed by atoms with Gasteiger partial charge in [-0.25, -0.2) is 4.98 Å². The second-order valence-electron chi connectivity index (χ2n) is 9.11. The van der Waals surface area contributed by atoms with E-state index in [0.29, 0.717) is 54.0 Å². The molecule has 0 aliphatic heterocycles. The maximum atomic E-state index is 12.5. The number of Topliss-reactive ketones (excluding diaryl/α,β-unsaturated/α-hetero) is 1. The number of benzene rings is 1. The van der Waals surface area contributed by atoms with Gasteiger partial charge in [-0.15, -0.1) is 0 Å². The lowest BCUT2D eigenvalue weighted by molar-refractivity contribution is -0.119. The monoisotopic (exact) mass is 494 g/mol. The molecule has 4 rings (SSSR count). The molecule has 3 heterocycles. The number of carbonyl (C=O) groups is 2. The molecule has 4 N–H and O–H groups in total. The van der Waals surface area contributed by atoms with E-state index in [1.807, 2.05) is 42.5 Å². The van der Waals surface area contributed by atoms with E-state index in [4.69, 9.17) is 11.5 Å². The maximum absolute atomic E-state index is 12.5. The van der Waals surface area contributed by atoms with Gasteiger partial charge in [-0.05, 0) is 66.4 Å². The highest BCUT2D eigenvalue weighted by molar-refractivity contribution is 5.94. The Morgan fingerprint density at radius 3 is 2.38 bits per heavy atom. The van der Waals surface area contributed by atoms with Gasteiger partial charge in [0.25, 0.3) is 5.91 Å². The number of hydrogen-bond donors (Lipinski definition) is 2. The third-order valence-electron chi connectivity index (χ3n) is 6.06. The Hall–Kier alpha value is -4.59. The van der Waals surface area contributed by atoms with Crippen LogP contribution in [0.15, 0.2) is 73.2 Å². The zero-order valence-electron chi connectivity index (χ0n) is 21.0. The summed E-state index contributed by atoms with van der Waals surface area (Å²) in [6.07, 6.45) is 7.11. The number of nitrogen functional groups attached to an aromatic ring is 2. The van der Waals surface area contributed by atoms with Gasteiger partial charge in [0, 0.05) is 68.0 Å². The molecule has 0 aliphatic carbocycles. The van der Waals surface area contributed by atoms with Crippen LogP contribution < -0.4 is 11.5 Å². The van der Waals surface area contributed by atoms with E-state index in [9.17, 15) is 9.59 Å². The first-order valence-corrected chi connectivity index (χ1v) is 12.0. The molecule has 1 aromatic carbocycles. The Bertz CT molecular complexity index is 1420. The van der Waals surface area contributed by atoms with E-state index in [1.165, 1.54) is 11.1 Å². The third-order valence-corrected chi connectivity index (χ3v) is 6.06. The van der Waals surface area contributed by atoms with E-state index < -0.39 is 0 Å². The second-order valence-corrected chi connectivity index (χ2v) is 9.11. The standard InChI is InChI=1S/C29H30N6O2/c1-35(2)29(37)21-7-11-27(33-17-21)26-16-22(18-34-28(26)31)20-12-13-32-24(15-20)8-10-25(36)9-6-19-4-3-5-23(30)14-19/h3-5,7,11-18H,6,8-10,30H2,1-2H3,(H2,31,34). The second kappa shape index (κ2) is 11.4. The Morgan fingerprint density at radius 2 is 1.65 bits per heavy atom. The van der Waals surface area contributed by atoms with Crippen molar-refractivity contribution in [3.05, 3.63) is 90.0 Å². The van der Waals surface area contributed by atoms with Crippen LogP contribution in [0.1, 0.15) is 34.5 Å². The number of nitrogens with two attached hydrogens (primary N) is 2. The lowest BCUT2D eigenvalue weighted by atomic mass is 10.0. The topological polar surface area (TPSA) is 128 Å². The lowest BCUT2D eigenvalue weighted by Crippen LogP contribution is -2.21. The molecular formula is C29H30N6O2. The van der Waals surface area contributed by atoms with E-state index in [-0.39, 0.29) is 11.7 Å². The van der Waals surface area contributed by atoms with Crippen molar-refractivity contribution in [2.45, 2.75) is 25.7 Å². The zero-order valence-corrected chi connectivity index (χ0v) is 21.0. The number of aryl methyl sites for hydroxylation is 2. The first-order valence-electron chi connectivity index (χ1n) is 12.0. The summed E-state index contributed by atoms with van der Waals surface area (Å²) in [7, 11) is 3.39. The van der Waals surface area contributed by atoms with Crippen molar-refractivity contribution in [1.29, 1.82) is 0 Å². The number of ketones is 1. The molecule has 188 valence electrons. The highest BCUT2D eigenvalue weighted by atomic mass is 16.2. The average molecular weight is 495 g/mol. The van der Waals surface area contributed by atoms with Crippen molar-refractivity contribution >= 4 is 23.2 Å². The van der Waals surface area contributed by atoms with E-state index >= 15 is 0 Å². The molecule has 0 aliphatic rings. The maximum Gasteiger partial charge on any atom is 0.254 e. The minimum atomic E-state index is -0.119. The predicted molar refractivity (Wildman–Crippen MR) is 146 cm³/mol. The highest BCUT2D eigenvalue weighted by Crippen LogP contribution is 2.29. The van der Waals surface area contributed by atoms with Crippen LogP contribution in [0, 0.1) is 0 Å². The molecule has 0 radical (unpaired) electrons. The summed E-state index contributed by atoms with van der Waals surface area (Å²) >= 11 is 0. The van der Waals surface area contributed by atoms with Crippen LogP contribution in [-0.2, 0) is 17.6 Å². The van der Waals surface area contributed by atoms with Crippen LogP contribution in [0.3, 0.4) is 0 Å². The van der Waals surface area contributed by atoms with E-state index in [1.54, 1.807) is 38.6 Å². The van der Waals surface area contributed by atoms with Gasteiger partial charge in [-0.1, -0.05) is 12.1 Å². The normalized spacial score (nSPS) is 10.8. The summed E-state index contributed by atoms with van der Waals surface area (Å²) in [5.41, 5.74) is 18.2.